The van der Waals surface area contributed by atoms with Crippen molar-refractivity contribution in [3.8, 4) is 5.75 Å². The fraction of sp³-hybridized carbons (Fsp3) is 0.333. The molecule has 1 saturated heterocycles. The minimum atomic E-state index is -2.95. The van der Waals surface area contributed by atoms with Crippen LogP contribution in [0.4, 0.5) is 11.5 Å². The van der Waals surface area contributed by atoms with E-state index in [1.807, 2.05) is 11.9 Å². The molecule has 1 aliphatic heterocycles. The molecule has 0 saturated carbocycles. The Morgan fingerprint density at radius 1 is 1.31 bits per heavy atom. The average Bonchev–Trinajstić information content (AvgIpc) is 3.01. The Hall–Kier alpha value is -2.61. The fourth-order valence-electron chi connectivity index (χ4n) is 2.90. The smallest absolute Gasteiger partial charge is 0.257 e. The minimum Gasteiger partial charge on any atom is -0.497 e. The molecule has 0 bridgehead atoms. The van der Waals surface area contributed by atoms with E-state index >= 15 is 0 Å². The highest BCUT2D eigenvalue weighted by atomic mass is 32.2. The zero-order valence-corrected chi connectivity index (χ0v) is 15.5. The monoisotopic (exact) mass is 375 g/mol. The SMILES string of the molecule is COc1cccc(NC(=O)c2ccc(N(C)C3CCS(=O)(=O)C3)nc2)c1. The third-order valence-corrected chi connectivity index (χ3v) is 6.21. The van der Waals surface area contributed by atoms with Gasteiger partial charge in [0.1, 0.15) is 11.6 Å². The Bertz CT molecular complexity index is 897. The van der Waals surface area contributed by atoms with E-state index in [0.29, 0.717) is 29.2 Å². The fourth-order valence-corrected chi connectivity index (χ4v) is 4.68. The Kier molecular flexibility index (Phi) is 5.13. The van der Waals surface area contributed by atoms with Crippen LogP contribution in [0.5, 0.6) is 5.75 Å². The summed E-state index contributed by atoms with van der Waals surface area (Å²) in [5.41, 5.74) is 1.05. The van der Waals surface area contributed by atoms with Gasteiger partial charge in [0, 0.05) is 31.0 Å². The predicted octanol–water partition coefficient (Wildman–Crippen LogP) is 1.97. The zero-order chi connectivity index (χ0) is 18.7. The topological polar surface area (TPSA) is 88.6 Å². The van der Waals surface area contributed by atoms with Gasteiger partial charge in [-0.1, -0.05) is 6.07 Å². The first-order valence-electron chi connectivity index (χ1n) is 8.23. The molecular formula is C18H21N3O4S. The van der Waals surface area contributed by atoms with Crippen LogP contribution in [-0.2, 0) is 9.84 Å². The van der Waals surface area contributed by atoms with E-state index in [0.717, 1.165) is 0 Å². The summed E-state index contributed by atoms with van der Waals surface area (Å²) in [6, 6.07) is 10.4. The van der Waals surface area contributed by atoms with Gasteiger partial charge in [0.05, 0.1) is 24.2 Å². The van der Waals surface area contributed by atoms with Crippen LogP contribution in [0.2, 0.25) is 0 Å². The second kappa shape index (κ2) is 7.33. The largest absolute Gasteiger partial charge is 0.497 e. The quantitative estimate of drug-likeness (QED) is 0.859. The van der Waals surface area contributed by atoms with Crippen LogP contribution >= 0.6 is 0 Å². The maximum Gasteiger partial charge on any atom is 0.257 e. The van der Waals surface area contributed by atoms with Crippen LogP contribution in [0.1, 0.15) is 16.8 Å². The summed E-state index contributed by atoms with van der Waals surface area (Å²) in [4.78, 5) is 18.5. The number of amides is 1. The van der Waals surface area contributed by atoms with Crippen molar-refractivity contribution in [3.63, 3.8) is 0 Å². The molecule has 1 amide bonds. The van der Waals surface area contributed by atoms with Gasteiger partial charge < -0.3 is 15.0 Å². The van der Waals surface area contributed by atoms with Gasteiger partial charge in [0.25, 0.3) is 5.91 Å². The number of hydrogen-bond acceptors (Lipinski definition) is 6. The molecule has 0 spiro atoms. The number of ether oxygens (including phenoxy) is 1. The Balaban J connectivity index is 1.67. The number of pyridine rings is 1. The predicted molar refractivity (Wildman–Crippen MR) is 101 cm³/mol. The summed E-state index contributed by atoms with van der Waals surface area (Å²) >= 11 is 0. The molecule has 0 aliphatic carbocycles. The number of anilines is 2. The van der Waals surface area contributed by atoms with Crippen LogP contribution in [-0.4, -0.2) is 51.0 Å². The average molecular weight is 375 g/mol. The van der Waals surface area contributed by atoms with E-state index in [1.165, 1.54) is 6.20 Å². The van der Waals surface area contributed by atoms with E-state index < -0.39 is 9.84 Å². The van der Waals surface area contributed by atoms with Crippen LogP contribution in [0, 0.1) is 0 Å². The molecule has 1 N–H and O–H groups in total. The molecule has 2 heterocycles. The van der Waals surface area contributed by atoms with Crippen LogP contribution in [0.3, 0.4) is 0 Å². The second-order valence-corrected chi connectivity index (χ2v) is 8.49. The van der Waals surface area contributed by atoms with Crippen LogP contribution < -0.4 is 15.0 Å². The minimum absolute atomic E-state index is 0.0797. The van der Waals surface area contributed by atoms with E-state index in [-0.39, 0.29) is 23.5 Å². The molecule has 3 rings (SSSR count). The van der Waals surface area contributed by atoms with E-state index in [1.54, 1.807) is 43.5 Å². The summed E-state index contributed by atoms with van der Waals surface area (Å²) in [6.07, 6.45) is 2.09. The van der Waals surface area contributed by atoms with Gasteiger partial charge in [-0.3, -0.25) is 4.79 Å². The third-order valence-electron chi connectivity index (χ3n) is 4.46. The summed E-state index contributed by atoms with van der Waals surface area (Å²) in [5, 5.41) is 2.80. The molecule has 0 radical (unpaired) electrons. The van der Waals surface area contributed by atoms with E-state index in [2.05, 4.69) is 10.3 Å². The first-order chi connectivity index (χ1) is 12.4. The highest BCUT2D eigenvalue weighted by Crippen LogP contribution is 2.22. The zero-order valence-electron chi connectivity index (χ0n) is 14.7. The van der Waals surface area contributed by atoms with Gasteiger partial charge in [0.2, 0.25) is 0 Å². The highest BCUT2D eigenvalue weighted by molar-refractivity contribution is 7.91. The van der Waals surface area contributed by atoms with Gasteiger partial charge in [-0.25, -0.2) is 13.4 Å². The van der Waals surface area contributed by atoms with Gasteiger partial charge in [-0.2, -0.15) is 0 Å². The van der Waals surface area contributed by atoms with E-state index in [9.17, 15) is 13.2 Å². The first kappa shape index (κ1) is 18.2. The number of hydrogen-bond donors (Lipinski definition) is 1. The molecule has 1 aliphatic rings. The normalized spacial score (nSPS) is 18.3. The van der Waals surface area contributed by atoms with Gasteiger partial charge >= 0.3 is 0 Å². The van der Waals surface area contributed by atoms with Crippen molar-refractivity contribution in [2.45, 2.75) is 12.5 Å². The Labute approximate surface area is 152 Å². The lowest BCUT2D eigenvalue weighted by atomic mass is 10.2. The summed E-state index contributed by atoms with van der Waals surface area (Å²) < 4.78 is 28.4. The second-order valence-electron chi connectivity index (χ2n) is 6.26. The van der Waals surface area contributed by atoms with Crippen molar-refractivity contribution in [1.29, 1.82) is 0 Å². The van der Waals surface area contributed by atoms with Gasteiger partial charge in [0.15, 0.2) is 9.84 Å². The lowest BCUT2D eigenvalue weighted by Gasteiger charge is -2.24. The molecule has 2 aromatic rings. The molecule has 1 aromatic carbocycles. The van der Waals surface area contributed by atoms with Crippen molar-refractivity contribution in [2.75, 3.05) is 35.9 Å². The van der Waals surface area contributed by atoms with Crippen molar-refractivity contribution in [2.24, 2.45) is 0 Å². The number of nitrogens with one attached hydrogen (secondary N) is 1. The number of rotatable bonds is 5. The molecule has 1 aromatic heterocycles. The molecular weight excluding hydrogens is 354 g/mol. The lowest BCUT2D eigenvalue weighted by molar-refractivity contribution is 0.102. The highest BCUT2D eigenvalue weighted by Gasteiger charge is 2.31. The first-order valence-corrected chi connectivity index (χ1v) is 10.0. The summed E-state index contributed by atoms with van der Waals surface area (Å²) in [6.45, 7) is 0. The summed E-state index contributed by atoms with van der Waals surface area (Å²) in [5.74, 6) is 1.38. The molecule has 26 heavy (non-hydrogen) atoms. The number of aromatic nitrogens is 1. The third kappa shape index (κ3) is 4.13. The Morgan fingerprint density at radius 2 is 2.12 bits per heavy atom. The molecule has 1 atom stereocenters. The number of benzene rings is 1. The van der Waals surface area contributed by atoms with E-state index in [4.69, 9.17) is 4.74 Å². The standard InChI is InChI=1S/C18H21N3O4S/c1-21(15-8-9-26(23,24)12-15)17-7-6-13(11-19-17)18(22)20-14-4-3-5-16(10-14)25-2/h3-7,10-11,15H,8-9,12H2,1-2H3,(H,20,22). The Morgan fingerprint density at radius 3 is 2.73 bits per heavy atom. The maximum atomic E-state index is 12.4. The van der Waals surface area contributed by atoms with Gasteiger partial charge in [-0.15, -0.1) is 0 Å². The summed E-state index contributed by atoms with van der Waals surface area (Å²) in [7, 11) is 0.434. The van der Waals surface area contributed by atoms with Crippen molar-refractivity contribution in [3.05, 3.63) is 48.2 Å². The number of sulfone groups is 1. The maximum absolute atomic E-state index is 12.4. The molecule has 7 nitrogen and oxygen atoms in total. The van der Waals surface area contributed by atoms with Crippen molar-refractivity contribution >= 4 is 27.2 Å². The lowest BCUT2D eigenvalue weighted by Crippen LogP contribution is -2.33. The number of methoxy groups -OCH3 is 1. The molecule has 1 unspecified atom stereocenters. The molecule has 8 heteroatoms. The van der Waals surface area contributed by atoms with Gasteiger partial charge in [-0.05, 0) is 30.7 Å². The number of nitrogens with zero attached hydrogens (tertiary/aromatic N) is 2. The van der Waals surface area contributed by atoms with Crippen LogP contribution in [0.25, 0.3) is 0 Å². The molecule has 138 valence electrons. The molecule has 1 fully saturated rings. The van der Waals surface area contributed by atoms with Crippen molar-refractivity contribution in [1.82, 2.24) is 4.98 Å². The number of carbonyl (C=O) groups excluding carboxylic acids is 1. The van der Waals surface area contributed by atoms with Crippen LogP contribution in [0.15, 0.2) is 42.6 Å². The van der Waals surface area contributed by atoms with Crippen molar-refractivity contribution < 1.29 is 17.9 Å². The number of carbonyl (C=O) groups is 1.